The Bertz CT molecular complexity index is 294. The van der Waals surface area contributed by atoms with E-state index >= 15 is 0 Å². The molecule has 1 rings (SSSR count). The van der Waals surface area contributed by atoms with E-state index in [-0.39, 0.29) is 0 Å². The predicted molar refractivity (Wildman–Crippen MR) is 54.9 cm³/mol. The van der Waals surface area contributed by atoms with Gasteiger partial charge >= 0.3 is 0 Å². The van der Waals surface area contributed by atoms with Crippen LogP contribution in [0.3, 0.4) is 0 Å². The number of benzene rings is 1. The lowest BCUT2D eigenvalue weighted by molar-refractivity contribution is 0.112. The van der Waals surface area contributed by atoms with Crippen LogP contribution in [0.25, 0.3) is 0 Å². The average Bonchev–Trinajstić information content (AvgIpc) is 2.16. The minimum atomic E-state index is 0.605. The standard InChI is InChI=1S/C11H15NO/c1-2-3-5-9-6-4-7-10(8-13)11(9)12/h4,6-8H,2-3,5,12H2,1H3. The molecule has 1 aromatic rings. The van der Waals surface area contributed by atoms with Gasteiger partial charge in [0, 0.05) is 11.3 Å². The zero-order valence-electron chi connectivity index (χ0n) is 7.92. The molecule has 2 heteroatoms. The first-order valence-corrected chi connectivity index (χ1v) is 4.62. The molecule has 0 amide bonds. The second-order valence-electron chi connectivity index (χ2n) is 3.14. The molecule has 0 aliphatic carbocycles. The highest BCUT2D eigenvalue weighted by Gasteiger charge is 2.02. The molecular weight excluding hydrogens is 162 g/mol. The lowest BCUT2D eigenvalue weighted by Crippen LogP contribution is -1.98. The fraction of sp³-hybridized carbons (Fsp3) is 0.364. The molecule has 0 spiro atoms. The van der Waals surface area contributed by atoms with E-state index < -0.39 is 0 Å². The fourth-order valence-electron chi connectivity index (χ4n) is 1.32. The van der Waals surface area contributed by atoms with Gasteiger partial charge in [-0.25, -0.2) is 0 Å². The smallest absolute Gasteiger partial charge is 0.152 e. The summed E-state index contributed by atoms with van der Waals surface area (Å²) in [6.07, 6.45) is 4.03. The Morgan fingerprint density at radius 2 is 2.23 bits per heavy atom. The highest BCUT2D eigenvalue weighted by atomic mass is 16.1. The first-order valence-electron chi connectivity index (χ1n) is 4.62. The van der Waals surface area contributed by atoms with Crippen LogP contribution < -0.4 is 5.73 Å². The Hall–Kier alpha value is -1.31. The molecule has 0 saturated heterocycles. The minimum Gasteiger partial charge on any atom is -0.398 e. The van der Waals surface area contributed by atoms with Gasteiger partial charge < -0.3 is 5.73 Å². The molecule has 2 N–H and O–H groups in total. The highest BCUT2D eigenvalue weighted by molar-refractivity contribution is 5.84. The Labute approximate surface area is 78.8 Å². The summed E-state index contributed by atoms with van der Waals surface area (Å²) in [6, 6.07) is 5.61. The van der Waals surface area contributed by atoms with Gasteiger partial charge in [-0.15, -0.1) is 0 Å². The van der Waals surface area contributed by atoms with Gasteiger partial charge in [0.15, 0.2) is 6.29 Å². The van der Waals surface area contributed by atoms with Crippen LogP contribution in [0, 0.1) is 0 Å². The summed E-state index contributed by atoms with van der Waals surface area (Å²) in [5, 5.41) is 0. The number of anilines is 1. The summed E-state index contributed by atoms with van der Waals surface area (Å²) < 4.78 is 0. The van der Waals surface area contributed by atoms with Crippen LogP contribution in [0.1, 0.15) is 35.7 Å². The van der Waals surface area contributed by atoms with Crippen molar-refractivity contribution in [3.8, 4) is 0 Å². The molecule has 0 aromatic heterocycles. The zero-order valence-corrected chi connectivity index (χ0v) is 7.92. The number of aryl methyl sites for hydroxylation is 1. The summed E-state index contributed by atoms with van der Waals surface area (Å²) in [6.45, 7) is 2.14. The summed E-state index contributed by atoms with van der Waals surface area (Å²) in [7, 11) is 0. The number of unbranched alkanes of at least 4 members (excludes halogenated alkanes) is 1. The Morgan fingerprint density at radius 1 is 1.46 bits per heavy atom. The number of carbonyl (C=O) groups is 1. The van der Waals surface area contributed by atoms with E-state index in [0.717, 1.165) is 31.1 Å². The van der Waals surface area contributed by atoms with Crippen LogP contribution in [0.5, 0.6) is 0 Å². The first kappa shape index (κ1) is 9.78. The largest absolute Gasteiger partial charge is 0.398 e. The number of carbonyl (C=O) groups excluding carboxylic acids is 1. The third-order valence-electron chi connectivity index (χ3n) is 2.16. The predicted octanol–water partition coefficient (Wildman–Crippen LogP) is 2.42. The molecule has 0 saturated carbocycles. The molecule has 70 valence electrons. The van der Waals surface area contributed by atoms with Crippen LogP contribution >= 0.6 is 0 Å². The highest BCUT2D eigenvalue weighted by Crippen LogP contribution is 2.17. The lowest BCUT2D eigenvalue weighted by atomic mass is 10.0. The molecule has 0 radical (unpaired) electrons. The van der Waals surface area contributed by atoms with Gasteiger partial charge in [0.1, 0.15) is 0 Å². The molecular formula is C11H15NO. The number of hydrogen-bond acceptors (Lipinski definition) is 2. The van der Waals surface area contributed by atoms with Crippen molar-refractivity contribution < 1.29 is 4.79 Å². The molecule has 0 aliphatic heterocycles. The van der Waals surface area contributed by atoms with E-state index in [1.54, 1.807) is 6.07 Å². The third kappa shape index (κ3) is 2.31. The summed E-state index contributed by atoms with van der Waals surface area (Å²) >= 11 is 0. The van der Waals surface area contributed by atoms with Crippen LogP contribution in [0.15, 0.2) is 18.2 Å². The quantitative estimate of drug-likeness (QED) is 0.567. The number of rotatable bonds is 4. The van der Waals surface area contributed by atoms with Crippen molar-refractivity contribution in [3.63, 3.8) is 0 Å². The zero-order chi connectivity index (χ0) is 9.68. The lowest BCUT2D eigenvalue weighted by Gasteiger charge is -2.05. The van der Waals surface area contributed by atoms with Crippen molar-refractivity contribution in [3.05, 3.63) is 29.3 Å². The normalized spacial score (nSPS) is 9.92. The SMILES string of the molecule is CCCCc1cccc(C=O)c1N. The van der Waals surface area contributed by atoms with Crippen LogP contribution in [0.2, 0.25) is 0 Å². The molecule has 13 heavy (non-hydrogen) atoms. The van der Waals surface area contributed by atoms with Gasteiger partial charge in [0.25, 0.3) is 0 Å². The third-order valence-corrected chi connectivity index (χ3v) is 2.16. The second kappa shape index (κ2) is 4.65. The van der Waals surface area contributed by atoms with E-state index in [4.69, 9.17) is 5.73 Å². The molecule has 2 nitrogen and oxygen atoms in total. The van der Waals surface area contributed by atoms with E-state index in [0.29, 0.717) is 11.3 Å². The van der Waals surface area contributed by atoms with Crippen molar-refractivity contribution in [1.29, 1.82) is 0 Å². The first-order chi connectivity index (χ1) is 6.29. The van der Waals surface area contributed by atoms with E-state index in [1.165, 1.54) is 0 Å². The monoisotopic (exact) mass is 177 g/mol. The summed E-state index contributed by atoms with van der Waals surface area (Å²) in [4.78, 5) is 10.6. The van der Waals surface area contributed by atoms with Gasteiger partial charge in [0.2, 0.25) is 0 Å². The summed E-state index contributed by atoms with van der Waals surface area (Å²) in [5.74, 6) is 0. The van der Waals surface area contributed by atoms with Crippen molar-refractivity contribution in [2.45, 2.75) is 26.2 Å². The molecule has 0 bridgehead atoms. The van der Waals surface area contributed by atoms with Crippen LogP contribution in [0.4, 0.5) is 5.69 Å². The Balaban J connectivity index is 2.87. The van der Waals surface area contributed by atoms with Crippen molar-refractivity contribution >= 4 is 12.0 Å². The van der Waals surface area contributed by atoms with Crippen LogP contribution in [-0.4, -0.2) is 6.29 Å². The molecule has 0 fully saturated rings. The van der Waals surface area contributed by atoms with Crippen LogP contribution in [-0.2, 0) is 6.42 Å². The van der Waals surface area contributed by atoms with Crippen molar-refractivity contribution in [2.24, 2.45) is 0 Å². The molecule has 1 aromatic carbocycles. The maximum Gasteiger partial charge on any atom is 0.152 e. The molecule has 0 atom stereocenters. The van der Waals surface area contributed by atoms with Crippen molar-refractivity contribution in [1.82, 2.24) is 0 Å². The van der Waals surface area contributed by atoms with E-state index in [1.807, 2.05) is 12.1 Å². The topological polar surface area (TPSA) is 43.1 Å². The number of para-hydroxylation sites is 1. The molecule has 0 heterocycles. The molecule has 0 unspecified atom stereocenters. The minimum absolute atomic E-state index is 0.605. The number of nitrogen functional groups attached to an aromatic ring is 1. The molecule has 0 aliphatic rings. The van der Waals surface area contributed by atoms with Gasteiger partial charge in [0.05, 0.1) is 0 Å². The van der Waals surface area contributed by atoms with E-state index in [9.17, 15) is 4.79 Å². The average molecular weight is 177 g/mol. The van der Waals surface area contributed by atoms with Gasteiger partial charge in [-0.3, -0.25) is 4.79 Å². The Kier molecular flexibility index (Phi) is 3.50. The number of aldehydes is 1. The maximum atomic E-state index is 10.6. The van der Waals surface area contributed by atoms with Gasteiger partial charge in [-0.2, -0.15) is 0 Å². The van der Waals surface area contributed by atoms with Gasteiger partial charge in [-0.1, -0.05) is 25.5 Å². The van der Waals surface area contributed by atoms with E-state index in [2.05, 4.69) is 6.92 Å². The van der Waals surface area contributed by atoms with Gasteiger partial charge in [-0.05, 0) is 24.5 Å². The van der Waals surface area contributed by atoms with Crippen molar-refractivity contribution in [2.75, 3.05) is 5.73 Å². The number of hydrogen-bond donors (Lipinski definition) is 1. The summed E-state index contributed by atoms with van der Waals surface area (Å²) in [5.41, 5.74) is 8.14. The number of nitrogens with two attached hydrogens (primary N) is 1. The maximum absolute atomic E-state index is 10.6. The fourth-order valence-corrected chi connectivity index (χ4v) is 1.32. The Morgan fingerprint density at radius 3 is 2.85 bits per heavy atom. The second-order valence-corrected chi connectivity index (χ2v) is 3.14.